The molecule has 23 heavy (non-hydrogen) atoms. The molecule has 0 aliphatic heterocycles. The second kappa shape index (κ2) is 7.40. The van der Waals surface area contributed by atoms with Gasteiger partial charge in [-0.1, -0.05) is 0 Å². The highest BCUT2D eigenvalue weighted by Gasteiger charge is 2.17. The SMILES string of the molecule is COc1ccc(OC(C)C(=O)Nc2cc(N)ccc2OC)cc1. The predicted octanol–water partition coefficient (Wildman–Crippen LogP) is 2.69. The number of anilines is 2. The molecule has 0 aliphatic rings. The van der Waals surface area contributed by atoms with Crippen LogP contribution in [0.25, 0.3) is 0 Å². The Labute approximate surface area is 135 Å². The normalized spacial score (nSPS) is 11.4. The number of rotatable bonds is 6. The second-order valence-corrected chi connectivity index (χ2v) is 4.88. The first-order chi connectivity index (χ1) is 11.0. The Hall–Kier alpha value is -2.89. The average Bonchev–Trinajstić information content (AvgIpc) is 2.55. The molecule has 0 aliphatic carbocycles. The number of nitrogen functional groups attached to an aromatic ring is 1. The molecule has 1 unspecified atom stereocenters. The molecule has 0 heterocycles. The lowest BCUT2D eigenvalue weighted by Crippen LogP contribution is -2.30. The molecule has 0 saturated carbocycles. The van der Waals surface area contributed by atoms with E-state index in [4.69, 9.17) is 19.9 Å². The van der Waals surface area contributed by atoms with Crippen molar-refractivity contribution in [2.45, 2.75) is 13.0 Å². The predicted molar refractivity (Wildman–Crippen MR) is 89.1 cm³/mol. The lowest BCUT2D eigenvalue weighted by atomic mass is 10.2. The van der Waals surface area contributed by atoms with Crippen LogP contribution in [0.15, 0.2) is 42.5 Å². The number of amides is 1. The van der Waals surface area contributed by atoms with Gasteiger partial charge in [0.1, 0.15) is 17.2 Å². The smallest absolute Gasteiger partial charge is 0.265 e. The maximum Gasteiger partial charge on any atom is 0.265 e. The van der Waals surface area contributed by atoms with E-state index in [1.807, 2.05) is 0 Å². The van der Waals surface area contributed by atoms with Gasteiger partial charge in [0.15, 0.2) is 6.10 Å². The Morgan fingerprint density at radius 3 is 2.30 bits per heavy atom. The summed E-state index contributed by atoms with van der Waals surface area (Å²) in [6, 6.07) is 12.0. The number of methoxy groups -OCH3 is 2. The van der Waals surface area contributed by atoms with Crippen LogP contribution in [0.4, 0.5) is 11.4 Å². The number of hydrogen-bond donors (Lipinski definition) is 2. The summed E-state index contributed by atoms with van der Waals surface area (Å²) in [5.41, 5.74) is 6.77. The molecule has 2 aromatic rings. The van der Waals surface area contributed by atoms with Gasteiger partial charge in [-0.05, 0) is 49.4 Å². The van der Waals surface area contributed by atoms with Crippen LogP contribution < -0.4 is 25.3 Å². The van der Waals surface area contributed by atoms with E-state index in [1.165, 1.54) is 7.11 Å². The molecule has 1 amide bonds. The summed E-state index contributed by atoms with van der Waals surface area (Å²) in [6.45, 7) is 1.67. The van der Waals surface area contributed by atoms with Gasteiger partial charge in [-0.3, -0.25) is 4.79 Å². The van der Waals surface area contributed by atoms with Crippen LogP contribution >= 0.6 is 0 Å². The highest BCUT2D eigenvalue weighted by molar-refractivity contribution is 5.95. The molecule has 0 radical (unpaired) electrons. The molecule has 0 fully saturated rings. The minimum atomic E-state index is -0.686. The van der Waals surface area contributed by atoms with Gasteiger partial charge in [-0.15, -0.1) is 0 Å². The Bertz CT molecular complexity index is 671. The average molecular weight is 316 g/mol. The van der Waals surface area contributed by atoms with Crippen molar-refractivity contribution < 1.29 is 19.0 Å². The van der Waals surface area contributed by atoms with Crippen molar-refractivity contribution in [2.75, 3.05) is 25.3 Å². The maximum atomic E-state index is 12.3. The second-order valence-electron chi connectivity index (χ2n) is 4.88. The van der Waals surface area contributed by atoms with Gasteiger partial charge >= 0.3 is 0 Å². The molecule has 0 aromatic heterocycles. The number of carbonyl (C=O) groups is 1. The molecule has 0 bridgehead atoms. The first kappa shape index (κ1) is 16.5. The van der Waals surface area contributed by atoms with Crippen molar-refractivity contribution in [1.82, 2.24) is 0 Å². The monoisotopic (exact) mass is 316 g/mol. The number of nitrogens with one attached hydrogen (secondary N) is 1. The van der Waals surface area contributed by atoms with Crippen molar-refractivity contribution in [2.24, 2.45) is 0 Å². The standard InChI is InChI=1S/C17H20N2O4/c1-11(23-14-7-5-13(21-2)6-8-14)17(20)19-15-10-12(18)4-9-16(15)22-3/h4-11H,18H2,1-3H3,(H,19,20). The minimum absolute atomic E-state index is 0.301. The van der Waals surface area contributed by atoms with E-state index < -0.39 is 6.10 Å². The highest BCUT2D eigenvalue weighted by Crippen LogP contribution is 2.27. The molecule has 2 aromatic carbocycles. The lowest BCUT2D eigenvalue weighted by molar-refractivity contribution is -0.122. The first-order valence-corrected chi connectivity index (χ1v) is 7.08. The Morgan fingerprint density at radius 1 is 1.04 bits per heavy atom. The van der Waals surface area contributed by atoms with Crippen LogP contribution in [0.2, 0.25) is 0 Å². The molecular weight excluding hydrogens is 296 g/mol. The Morgan fingerprint density at radius 2 is 1.70 bits per heavy atom. The van der Waals surface area contributed by atoms with E-state index in [1.54, 1.807) is 56.5 Å². The van der Waals surface area contributed by atoms with Gasteiger partial charge in [0.05, 0.1) is 19.9 Å². The highest BCUT2D eigenvalue weighted by atomic mass is 16.5. The molecule has 6 heteroatoms. The largest absolute Gasteiger partial charge is 0.497 e. The summed E-state index contributed by atoms with van der Waals surface area (Å²) >= 11 is 0. The molecule has 0 saturated heterocycles. The van der Waals surface area contributed by atoms with Crippen LogP contribution in [0.1, 0.15) is 6.92 Å². The summed E-state index contributed by atoms with van der Waals surface area (Å²) < 4.78 is 15.9. The zero-order valence-electron chi connectivity index (χ0n) is 13.3. The van der Waals surface area contributed by atoms with Crippen LogP contribution in [0.5, 0.6) is 17.2 Å². The fraction of sp³-hybridized carbons (Fsp3) is 0.235. The van der Waals surface area contributed by atoms with Gasteiger partial charge in [0.2, 0.25) is 0 Å². The van der Waals surface area contributed by atoms with Gasteiger partial charge in [0, 0.05) is 5.69 Å². The van der Waals surface area contributed by atoms with Crippen LogP contribution in [0, 0.1) is 0 Å². The lowest BCUT2D eigenvalue weighted by Gasteiger charge is -2.16. The van der Waals surface area contributed by atoms with E-state index >= 15 is 0 Å². The number of benzene rings is 2. The van der Waals surface area contributed by atoms with Gasteiger partial charge in [0.25, 0.3) is 5.91 Å². The molecule has 2 rings (SSSR count). The molecule has 3 N–H and O–H groups in total. The summed E-state index contributed by atoms with van der Waals surface area (Å²) in [7, 11) is 3.11. The number of carbonyl (C=O) groups excluding carboxylic acids is 1. The molecule has 0 spiro atoms. The van der Waals surface area contributed by atoms with E-state index in [0.29, 0.717) is 22.9 Å². The van der Waals surface area contributed by atoms with Gasteiger partial charge in [-0.2, -0.15) is 0 Å². The van der Waals surface area contributed by atoms with E-state index in [0.717, 1.165) is 5.75 Å². The number of nitrogens with two attached hydrogens (primary N) is 1. The Kier molecular flexibility index (Phi) is 5.30. The zero-order valence-corrected chi connectivity index (χ0v) is 13.3. The first-order valence-electron chi connectivity index (χ1n) is 7.08. The van der Waals surface area contributed by atoms with Crippen LogP contribution in [-0.2, 0) is 4.79 Å². The van der Waals surface area contributed by atoms with Gasteiger partial charge < -0.3 is 25.3 Å². The van der Waals surface area contributed by atoms with Gasteiger partial charge in [-0.25, -0.2) is 0 Å². The molecule has 122 valence electrons. The zero-order chi connectivity index (χ0) is 16.8. The third-order valence-corrected chi connectivity index (χ3v) is 3.22. The third-order valence-electron chi connectivity index (χ3n) is 3.22. The molecular formula is C17H20N2O4. The fourth-order valence-electron chi connectivity index (χ4n) is 1.97. The summed E-state index contributed by atoms with van der Waals surface area (Å²) in [5.74, 6) is 1.53. The van der Waals surface area contributed by atoms with Crippen molar-refractivity contribution in [3.8, 4) is 17.2 Å². The Balaban J connectivity index is 2.03. The van der Waals surface area contributed by atoms with Crippen LogP contribution in [-0.4, -0.2) is 26.2 Å². The van der Waals surface area contributed by atoms with Crippen molar-refractivity contribution in [1.29, 1.82) is 0 Å². The van der Waals surface area contributed by atoms with E-state index in [2.05, 4.69) is 5.32 Å². The summed E-state index contributed by atoms with van der Waals surface area (Å²) in [5, 5.41) is 2.75. The third kappa shape index (κ3) is 4.29. The van der Waals surface area contributed by atoms with Crippen molar-refractivity contribution >= 4 is 17.3 Å². The molecule has 6 nitrogen and oxygen atoms in total. The fourth-order valence-corrected chi connectivity index (χ4v) is 1.97. The summed E-state index contributed by atoms with van der Waals surface area (Å²) in [6.07, 6.45) is -0.686. The van der Waals surface area contributed by atoms with Crippen molar-refractivity contribution in [3.63, 3.8) is 0 Å². The summed E-state index contributed by atoms with van der Waals surface area (Å²) in [4.78, 5) is 12.3. The van der Waals surface area contributed by atoms with E-state index in [-0.39, 0.29) is 5.91 Å². The van der Waals surface area contributed by atoms with Crippen molar-refractivity contribution in [3.05, 3.63) is 42.5 Å². The topological polar surface area (TPSA) is 82.8 Å². The minimum Gasteiger partial charge on any atom is -0.497 e. The van der Waals surface area contributed by atoms with Crippen LogP contribution in [0.3, 0.4) is 0 Å². The quantitative estimate of drug-likeness (QED) is 0.801. The number of hydrogen-bond acceptors (Lipinski definition) is 5. The van der Waals surface area contributed by atoms with E-state index in [9.17, 15) is 4.79 Å². The molecule has 1 atom stereocenters. The number of ether oxygens (including phenoxy) is 3. The maximum absolute atomic E-state index is 12.3.